The molecule has 0 aliphatic heterocycles. The van der Waals surface area contributed by atoms with Crippen molar-refractivity contribution in [3.8, 4) is 0 Å². The topological polar surface area (TPSA) is 0 Å². The third-order valence-corrected chi connectivity index (χ3v) is 26.1. The molecule has 286 valence electrons. The summed E-state index contributed by atoms with van der Waals surface area (Å²) in [6, 6.07) is 40.3. The predicted octanol–water partition coefficient (Wildman–Crippen LogP) is 12.2. The second-order valence-corrected chi connectivity index (χ2v) is 29.1. The van der Waals surface area contributed by atoms with Gasteiger partial charge in [-0.25, -0.2) is 0 Å². The summed E-state index contributed by atoms with van der Waals surface area (Å²) in [6.45, 7) is 0. The van der Waals surface area contributed by atoms with Gasteiger partial charge in [0.15, 0.2) is 0 Å². The maximum atomic E-state index is 18.2. The van der Waals surface area contributed by atoms with Crippen LogP contribution in [-0.2, 0) is 0 Å². The zero-order valence-corrected chi connectivity index (χ0v) is 33.0. The van der Waals surface area contributed by atoms with Gasteiger partial charge in [0.25, 0.3) is 0 Å². The van der Waals surface area contributed by atoms with Gasteiger partial charge in [0.2, 0.25) is 0 Å². The number of benzene rings is 6. The van der Waals surface area contributed by atoms with Crippen molar-refractivity contribution < 1.29 is 33.6 Å². The molecule has 0 aliphatic rings. The van der Waals surface area contributed by atoms with Gasteiger partial charge in [0.1, 0.15) is 0 Å². The van der Waals surface area contributed by atoms with Gasteiger partial charge >= 0.3 is 313 Å². The second kappa shape index (κ2) is 14.2. The molecule has 0 aliphatic carbocycles. The van der Waals surface area contributed by atoms with E-state index >= 15 is 33.6 Å². The Labute approximate surface area is 312 Å². The van der Waals surface area contributed by atoms with Crippen LogP contribution < -0.4 is 31.8 Å². The number of halogens is 8. The average Bonchev–Trinajstić information content (AvgIpc) is 3.22. The zero-order chi connectivity index (χ0) is 38.7. The van der Waals surface area contributed by atoms with Crippen molar-refractivity contribution in [2.45, 2.75) is 0 Å². The monoisotopic (exact) mass is 822 g/mol. The van der Waals surface area contributed by atoms with E-state index in [1.807, 2.05) is 0 Å². The maximum absolute atomic E-state index is 18.2. The molecule has 0 N–H and O–H groups in total. The first-order chi connectivity index (χ1) is 25.4. The number of hydrogen-bond acceptors (Lipinski definition) is 0. The Hall–Kier alpha value is -3.52. The van der Waals surface area contributed by atoms with E-state index in [-0.39, 0.29) is 0 Å². The van der Waals surface area contributed by atoms with Gasteiger partial charge in [-0.2, -0.15) is 0 Å². The summed E-state index contributed by atoms with van der Waals surface area (Å²) in [4.78, 5) is 0. The zero-order valence-electron chi connectivity index (χ0n) is 29.4. The standard InChI is InChI=1S/C42H42F8P4/c43-51(44,31-34-52(45,46,37-19-7-1-8-20-37)38-21-9-2-10-22-38,32-35-53(47,48,39-23-11-3-12-24-39)40-25-13-4-14-26-40)33-36-54(49,50,41-27-15-5-16-28-41)42-29-17-6-18-30-42/h1-30H,31-36H2. The molecular weight excluding hydrogens is 780 g/mol. The summed E-state index contributed by atoms with van der Waals surface area (Å²) in [7, 11) is -26.1. The van der Waals surface area contributed by atoms with Gasteiger partial charge in [-0.05, 0) is 0 Å². The first-order valence-corrected chi connectivity index (χ1v) is 26.7. The van der Waals surface area contributed by atoms with Crippen molar-refractivity contribution >= 4 is 60.7 Å². The van der Waals surface area contributed by atoms with Crippen molar-refractivity contribution in [2.24, 2.45) is 0 Å². The van der Waals surface area contributed by atoms with E-state index in [0.717, 1.165) is 0 Å². The summed E-state index contributed by atoms with van der Waals surface area (Å²) < 4.78 is 142. The molecule has 0 nitrogen and oxygen atoms in total. The van der Waals surface area contributed by atoms with Gasteiger partial charge < -0.3 is 0 Å². The summed E-state index contributed by atoms with van der Waals surface area (Å²) in [5.41, 5.74) is 0. The van der Waals surface area contributed by atoms with Crippen LogP contribution in [0.15, 0.2) is 182 Å². The van der Waals surface area contributed by atoms with Crippen molar-refractivity contribution in [1.82, 2.24) is 0 Å². The van der Waals surface area contributed by atoms with E-state index in [2.05, 4.69) is 0 Å². The molecule has 54 heavy (non-hydrogen) atoms. The Bertz CT molecular complexity index is 1790. The Morgan fingerprint density at radius 2 is 0.370 bits per heavy atom. The fourth-order valence-corrected chi connectivity index (χ4v) is 24.1. The van der Waals surface area contributed by atoms with Gasteiger partial charge in [-0.15, -0.1) is 0 Å². The Balaban J connectivity index is 1.49. The second-order valence-electron chi connectivity index (χ2n) is 14.0. The van der Waals surface area contributed by atoms with E-state index in [1.54, 1.807) is 0 Å². The molecule has 0 unspecified atom stereocenters. The summed E-state index contributed by atoms with van der Waals surface area (Å²) in [6.07, 6.45) is -8.44. The van der Waals surface area contributed by atoms with Crippen molar-refractivity contribution in [1.29, 1.82) is 0 Å². The SMILES string of the molecule is FP(F)(CCP(F)(F)(c1ccccc1)c1ccccc1)(CCP(F)(F)(c1ccccc1)c1ccccc1)CCP(F)(F)(c1ccccc1)c1ccccc1. The van der Waals surface area contributed by atoms with Crippen LogP contribution in [0.1, 0.15) is 0 Å². The van der Waals surface area contributed by atoms with Crippen LogP contribution in [0, 0.1) is 0 Å². The minimum absolute atomic E-state index is 0.429. The fourth-order valence-electron chi connectivity index (χ4n) is 7.06. The van der Waals surface area contributed by atoms with E-state index in [9.17, 15) is 0 Å². The summed E-state index contributed by atoms with van der Waals surface area (Å²) in [5.74, 6) is 0. The van der Waals surface area contributed by atoms with Crippen LogP contribution in [0.2, 0.25) is 0 Å². The molecular formula is C42H42F8P4. The quantitative estimate of drug-likeness (QED) is 0.0715. The summed E-state index contributed by atoms with van der Waals surface area (Å²) >= 11 is 0. The molecule has 0 atom stereocenters. The molecule has 0 spiro atoms. The first-order valence-electron chi connectivity index (χ1n) is 17.6. The van der Waals surface area contributed by atoms with E-state index in [4.69, 9.17) is 0 Å². The molecule has 0 aromatic heterocycles. The molecule has 6 aromatic carbocycles. The van der Waals surface area contributed by atoms with Crippen LogP contribution in [0.3, 0.4) is 0 Å². The molecule has 0 bridgehead atoms. The van der Waals surface area contributed by atoms with Crippen LogP contribution >= 0.6 is 28.9 Å². The third-order valence-electron chi connectivity index (χ3n) is 10.5. The van der Waals surface area contributed by atoms with Crippen LogP contribution in [0.4, 0.5) is 33.6 Å². The Morgan fingerprint density at radius 3 is 0.519 bits per heavy atom. The fraction of sp³-hybridized carbons (Fsp3) is 0.143. The normalized spacial score (nSPS) is 15.6. The molecule has 6 rings (SSSR count). The van der Waals surface area contributed by atoms with E-state index in [0.29, 0.717) is 0 Å². The first kappa shape index (κ1) is 40.2. The number of rotatable bonds is 15. The molecule has 6 aromatic rings. The summed E-state index contributed by atoms with van der Waals surface area (Å²) in [5, 5.41) is -2.57. The Morgan fingerprint density at radius 1 is 0.222 bits per heavy atom. The van der Waals surface area contributed by atoms with Gasteiger partial charge in [0.05, 0.1) is 0 Å². The van der Waals surface area contributed by atoms with Gasteiger partial charge in [0, 0.05) is 0 Å². The van der Waals surface area contributed by atoms with Crippen LogP contribution in [-0.4, -0.2) is 37.0 Å². The van der Waals surface area contributed by atoms with E-state index in [1.165, 1.54) is 182 Å². The molecule has 0 amide bonds. The molecule has 0 saturated heterocycles. The van der Waals surface area contributed by atoms with Crippen molar-refractivity contribution in [3.05, 3.63) is 182 Å². The van der Waals surface area contributed by atoms with Crippen molar-refractivity contribution in [3.63, 3.8) is 0 Å². The van der Waals surface area contributed by atoms with Gasteiger partial charge in [-0.3, -0.25) is 0 Å². The molecule has 0 saturated carbocycles. The minimum atomic E-state index is -6.88. The average molecular weight is 823 g/mol. The van der Waals surface area contributed by atoms with Gasteiger partial charge in [-0.1, -0.05) is 0 Å². The molecule has 12 heteroatoms. The molecule has 0 heterocycles. The van der Waals surface area contributed by atoms with E-state index < -0.39 is 97.7 Å². The van der Waals surface area contributed by atoms with Crippen LogP contribution in [0.25, 0.3) is 0 Å². The molecule has 0 fully saturated rings. The predicted molar refractivity (Wildman–Crippen MR) is 222 cm³/mol. The third kappa shape index (κ3) is 7.66. The van der Waals surface area contributed by atoms with Crippen molar-refractivity contribution in [2.75, 3.05) is 37.0 Å². The Kier molecular flexibility index (Phi) is 10.6. The van der Waals surface area contributed by atoms with Crippen LogP contribution in [0.5, 0.6) is 0 Å². The molecule has 0 radical (unpaired) electrons. The number of hydrogen-bond donors (Lipinski definition) is 0.